The molecular formula is C11H14FN5O. The minimum atomic E-state index is -1.53. The Morgan fingerprint density at radius 3 is 3.17 bits per heavy atom. The van der Waals surface area contributed by atoms with Gasteiger partial charge in [0, 0.05) is 6.54 Å². The van der Waals surface area contributed by atoms with E-state index in [2.05, 4.69) is 15.2 Å². The van der Waals surface area contributed by atoms with Crippen LogP contribution in [0.5, 0.6) is 0 Å². The van der Waals surface area contributed by atoms with Crippen molar-refractivity contribution in [2.75, 3.05) is 24.6 Å². The van der Waals surface area contributed by atoms with Crippen molar-refractivity contribution in [1.82, 2.24) is 19.6 Å². The lowest BCUT2D eigenvalue weighted by atomic mass is 9.96. The highest BCUT2D eigenvalue weighted by Crippen LogP contribution is 2.28. The van der Waals surface area contributed by atoms with Gasteiger partial charge in [0.15, 0.2) is 11.3 Å². The molecule has 96 valence electrons. The van der Waals surface area contributed by atoms with Gasteiger partial charge in [-0.25, -0.2) is 4.39 Å². The Hall–Kier alpha value is -1.76. The van der Waals surface area contributed by atoms with Crippen molar-refractivity contribution in [3.05, 3.63) is 18.7 Å². The van der Waals surface area contributed by atoms with Crippen molar-refractivity contribution < 1.29 is 9.50 Å². The minimum Gasteiger partial charge on any atom is -0.393 e. The summed E-state index contributed by atoms with van der Waals surface area (Å²) in [5.74, 6) is 0.757. The molecule has 1 fully saturated rings. The maximum Gasteiger partial charge on any atom is 0.180 e. The van der Waals surface area contributed by atoms with E-state index in [0.29, 0.717) is 18.5 Å². The van der Waals surface area contributed by atoms with Gasteiger partial charge in [-0.15, -0.1) is 10.2 Å². The Morgan fingerprint density at radius 1 is 1.44 bits per heavy atom. The predicted octanol–water partition coefficient (Wildman–Crippen LogP) is 0.425. The zero-order valence-corrected chi connectivity index (χ0v) is 9.83. The summed E-state index contributed by atoms with van der Waals surface area (Å²) in [7, 11) is 0. The molecule has 1 aliphatic heterocycles. The van der Waals surface area contributed by atoms with Crippen LogP contribution in [0.2, 0.25) is 0 Å². The molecule has 1 unspecified atom stereocenters. The van der Waals surface area contributed by atoms with E-state index in [9.17, 15) is 4.39 Å². The topological polar surface area (TPSA) is 66.5 Å². The molecule has 0 radical (unpaired) electrons. The molecule has 18 heavy (non-hydrogen) atoms. The number of hydrogen-bond donors (Lipinski definition) is 1. The normalized spacial score (nSPS) is 24.7. The van der Waals surface area contributed by atoms with Crippen LogP contribution in [0, 0.1) is 0 Å². The van der Waals surface area contributed by atoms with Crippen molar-refractivity contribution in [2.45, 2.75) is 18.5 Å². The fourth-order valence-electron chi connectivity index (χ4n) is 2.39. The molecule has 0 spiro atoms. The molecule has 6 nitrogen and oxygen atoms in total. The van der Waals surface area contributed by atoms with E-state index in [1.807, 2.05) is 4.90 Å². The Bertz CT molecular complexity index is 559. The number of piperidine rings is 1. The fraction of sp³-hybridized carbons (Fsp3) is 0.545. The average molecular weight is 251 g/mol. The van der Waals surface area contributed by atoms with Gasteiger partial charge >= 0.3 is 0 Å². The second kappa shape index (κ2) is 4.16. The lowest BCUT2D eigenvalue weighted by Crippen LogP contribution is -2.48. The summed E-state index contributed by atoms with van der Waals surface area (Å²) in [6, 6.07) is 0. The standard InChI is InChI=1S/C11H14FN5O/c12-11(7-18)2-1-3-16(6-11)10-5-13-4-9-15-14-8-17(9)10/h4-5,8,18H,1-3,6-7H2. The molecule has 3 heterocycles. The second-order valence-electron chi connectivity index (χ2n) is 4.66. The minimum absolute atomic E-state index is 0.169. The summed E-state index contributed by atoms with van der Waals surface area (Å²) in [6.07, 6.45) is 5.95. The monoisotopic (exact) mass is 251 g/mol. The van der Waals surface area contributed by atoms with Gasteiger partial charge in [-0.3, -0.25) is 9.38 Å². The summed E-state index contributed by atoms with van der Waals surface area (Å²) in [6.45, 7) is 0.461. The van der Waals surface area contributed by atoms with Crippen molar-refractivity contribution in [1.29, 1.82) is 0 Å². The van der Waals surface area contributed by atoms with Crippen molar-refractivity contribution in [3.63, 3.8) is 0 Å². The summed E-state index contributed by atoms with van der Waals surface area (Å²) < 4.78 is 16.0. The van der Waals surface area contributed by atoms with Crippen LogP contribution in [0.1, 0.15) is 12.8 Å². The lowest BCUT2D eigenvalue weighted by Gasteiger charge is -2.37. The van der Waals surface area contributed by atoms with Crippen LogP contribution in [0.15, 0.2) is 18.7 Å². The largest absolute Gasteiger partial charge is 0.393 e. The van der Waals surface area contributed by atoms with Gasteiger partial charge in [-0.2, -0.15) is 0 Å². The molecule has 7 heteroatoms. The first-order valence-electron chi connectivity index (χ1n) is 5.90. The van der Waals surface area contributed by atoms with E-state index in [1.165, 1.54) is 0 Å². The number of alkyl halides is 1. The van der Waals surface area contributed by atoms with Gasteiger partial charge in [-0.1, -0.05) is 0 Å². The highest BCUT2D eigenvalue weighted by atomic mass is 19.1. The molecule has 3 rings (SSSR count). The maximum atomic E-state index is 14.2. The van der Waals surface area contributed by atoms with Crippen molar-refractivity contribution >= 4 is 11.5 Å². The number of aromatic nitrogens is 4. The number of nitrogens with zero attached hydrogens (tertiary/aromatic N) is 5. The number of anilines is 1. The number of aliphatic hydroxyl groups excluding tert-OH is 1. The van der Waals surface area contributed by atoms with Crippen LogP contribution < -0.4 is 4.90 Å². The third kappa shape index (κ3) is 1.80. The summed E-state index contributed by atoms with van der Waals surface area (Å²) in [5.41, 5.74) is -0.902. The van der Waals surface area contributed by atoms with E-state index in [4.69, 9.17) is 5.11 Å². The third-order valence-corrected chi connectivity index (χ3v) is 3.34. The second-order valence-corrected chi connectivity index (χ2v) is 4.66. The Labute approximate surface area is 103 Å². The van der Waals surface area contributed by atoms with Crippen LogP contribution in [0.3, 0.4) is 0 Å². The summed E-state index contributed by atoms with van der Waals surface area (Å²) in [5, 5.41) is 16.9. The molecule has 1 N–H and O–H groups in total. The summed E-state index contributed by atoms with van der Waals surface area (Å²) in [4.78, 5) is 5.96. The van der Waals surface area contributed by atoms with Gasteiger partial charge in [0.2, 0.25) is 0 Å². The first-order valence-corrected chi connectivity index (χ1v) is 5.90. The first kappa shape index (κ1) is 11.3. The van der Waals surface area contributed by atoms with Gasteiger partial charge in [0.05, 0.1) is 25.5 Å². The molecular weight excluding hydrogens is 237 g/mol. The lowest BCUT2D eigenvalue weighted by molar-refractivity contribution is 0.0565. The third-order valence-electron chi connectivity index (χ3n) is 3.34. The molecule has 2 aromatic heterocycles. The molecule has 0 bridgehead atoms. The van der Waals surface area contributed by atoms with Gasteiger partial charge in [0.1, 0.15) is 12.1 Å². The zero-order chi connectivity index (χ0) is 12.6. The number of fused-ring (bicyclic) bond motifs is 1. The summed E-state index contributed by atoms with van der Waals surface area (Å²) >= 11 is 0. The Morgan fingerprint density at radius 2 is 2.33 bits per heavy atom. The predicted molar refractivity (Wildman–Crippen MR) is 63.2 cm³/mol. The zero-order valence-electron chi connectivity index (χ0n) is 9.83. The maximum absolute atomic E-state index is 14.2. The van der Waals surface area contributed by atoms with E-state index in [1.54, 1.807) is 23.1 Å². The molecule has 0 amide bonds. The van der Waals surface area contributed by atoms with Gasteiger partial charge < -0.3 is 10.0 Å². The van der Waals surface area contributed by atoms with E-state index < -0.39 is 12.3 Å². The fourth-order valence-corrected chi connectivity index (χ4v) is 2.39. The molecule has 1 aliphatic rings. The number of halogens is 1. The van der Waals surface area contributed by atoms with Crippen molar-refractivity contribution in [2.24, 2.45) is 0 Å². The molecule has 2 aromatic rings. The number of aliphatic hydroxyl groups is 1. The van der Waals surface area contributed by atoms with Crippen LogP contribution in [0.4, 0.5) is 10.2 Å². The first-order chi connectivity index (χ1) is 8.72. The van der Waals surface area contributed by atoms with E-state index in [-0.39, 0.29) is 6.54 Å². The molecule has 1 atom stereocenters. The van der Waals surface area contributed by atoms with Crippen LogP contribution in [-0.4, -0.2) is 50.1 Å². The van der Waals surface area contributed by atoms with Crippen LogP contribution >= 0.6 is 0 Å². The van der Waals surface area contributed by atoms with Gasteiger partial charge in [0.25, 0.3) is 0 Å². The van der Waals surface area contributed by atoms with Crippen molar-refractivity contribution in [3.8, 4) is 0 Å². The van der Waals surface area contributed by atoms with E-state index in [0.717, 1.165) is 12.4 Å². The molecule has 0 aliphatic carbocycles. The molecule has 1 saturated heterocycles. The van der Waals surface area contributed by atoms with Gasteiger partial charge in [-0.05, 0) is 12.8 Å². The average Bonchev–Trinajstić information content (AvgIpc) is 2.87. The Balaban J connectivity index is 1.97. The van der Waals surface area contributed by atoms with Crippen LogP contribution in [-0.2, 0) is 0 Å². The number of rotatable bonds is 2. The highest BCUT2D eigenvalue weighted by Gasteiger charge is 2.35. The van der Waals surface area contributed by atoms with E-state index >= 15 is 0 Å². The number of hydrogen-bond acceptors (Lipinski definition) is 5. The highest BCUT2D eigenvalue weighted by molar-refractivity contribution is 5.48. The quantitative estimate of drug-likeness (QED) is 0.838. The van der Waals surface area contributed by atoms with Crippen LogP contribution in [0.25, 0.3) is 5.65 Å². The smallest absolute Gasteiger partial charge is 0.180 e. The molecule has 0 saturated carbocycles. The molecule has 0 aromatic carbocycles. The SMILES string of the molecule is OCC1(F)CCCN(c2cncc3nncn23)C1. The Kier molecular flexibility index (Phi) is 2.62.